The van der Waals surface area contributed by atoms with Crippen LogP contribution < -0.4 is 5.32 Å². The second-order valence-electron chi connectivity index (χ2n) is 5.86. The zero-order valence-electron chi connectivity index (χ0n) is 13.7. The van der Waals surface area contributed by atoms with Gasteiger partial charge in [0.2, 0.25) is 0 Å². The standard InChI is InChI=1S/C18H18Cl2N2O3/c1-11(14-3-2-4-15(14)20)25-18(23)21-16-10-24-22-17(16)13-7-5-12(9-19)6-8-13/h5-8,10-11H,2-4,9H2,1H3,(H,21,23). The minimum absolute atomic E-state index is 0.360. The predicted octanol–water partition coefficient (Wildman–Crippen LogP) is 5.69. The van der Waals surface area contributed by atoms with Crippen LogP contribution in [0.25, 0.3) is 11.3 Å². The number of carbonyl (C=O) groups excluding carboxylic acids is 1. The van der Waals surface area contributed by atoms with Crippen LogP contribution in [0.2, 0.25) is 0 Å². The number of hydrogen-bond donors (Lipinski definition) is 1. The second-order valence-corrected chi connectivity index (χ2v) is 6.59. The van der Waals surface area contributed by atoms with E-state index >= 15 is 0 Å². The Kier molecular flexibility index (Phi) is 5.66. The zero-order chi connectivity index (χ0) is 17.8. The first-order valence-corrected chi connectivity index (χ1v) is 8.94. The van der Waals surface area contributed by atoms with Crippen LogP contribution in [0.1, 0.15) is 31.7 Å². The molecule has 1 N–H and O–H groups in total. The average Bonchev–Trinajstić information content (AvgIpc) is 3.23. The molecule has 132 valence electrons. The minimum Gasteiger partial charge on any atom is -0.442 e. The Labute approximate surface area is 155 Å². The van der Waals surface area contributed by atoms with Gasteiger partial charge in [0, 0.05) is 16.5 Å². The van der Waals surface area contributed by atoms with Gasteiger partial charge in [0.25, 0.3) is 0 Å². The highest BCUT2D eigenvalue weighted by Crippen LogP contribution is 2.32. The lowest BCUT2D eigenvalue weighted by Crippen LogP contribution is -2.21. The first-order chi connectivity index (χ1) is 12.1. The Morgan fingerprint density at radius 3 is 2.76 bits per heavy atom. The Balaban J connectivity index is 1.68. The monoisotopic (exact) mass is 380 g/mol. The van der Waals surface area contributed by atoms with Crippen LogP contribution in [0, 0.1) is 0 Å². The van der Waals surface area contributed by atoms with E-state index in [1.807, 2.05) is 31.2 Å². The molecule has 1 aromatic heterocycles. The summed E-state index contributed by atoms with van der Waals surface area (Å²) in [5.41, 5.74) is 3.77. The Morgan fingerprint density at radius 1 is 1.36 bits per heavy atom. The van der Waals surface area contributed by atoms with Crippen molar-refractivity contribution in [2.45, 2.75) is 38.2 Å². The summed E-state index contributed by atoms with van der Waals surface area (Å²) >= 11 is 12.0. The molecule has 0 aliphatic heterocycles. The van der Waals surface area contributed by atoms with E-state index in [9.17, 15) is 4.79 Å². The molecule has 5 nitrogen and oxygen atoms in total. The molecule has 7 heteroatoms. The number of aromatic nitrogens is 1. The molecule has 1 aromatic carbocycles. The van der Waals surface area contributed by atoms with E-state index in [1.54, 1.807) is 0 Å². The average molecular weight is 381 g/mol. The minimum atomic E-state index is -0.571. The maximum absolute atomic E-state index is 12.2. The number of alkyl halides is 1. The molecular formula is C18H18Cl2N2O3. The van der Waals surface area contributed by atoms with Crippen molar-refractivity contribution in [2.75, 3.05) is 5.32 Å². The van der Waals surface area contributed by atoms with E-state index in [4.69, 9.17) is 32.5 Å². The Bertz CT molecular complexity index is 784. The van der Waals surface area contributed by atoms with Crippen LogP contribution in [-0.2, 0) is 10.6 Å². The van der Waals surface area contributed by atoms with E-state index < -0.39 is 6.09 Å². The van der Waals surface area contributed by atoms with Crippen LogP contribution >= 0.6 is 23.2 Å². The molecular weight excluding hydrogens is 363 g/mol. The van der Waals surface area contributed by atoms with Crippen molar-refractivity contribution in [3.05, 3.63) is 46.7 Å². The van der Waals surface area contributed by atoms with Gasteiger partial charge in [0.1, 0.15) is 23.7 Å². The number of nitrogens with zero attached hydrogens (tertiary/aromatic N) is 1. The van der Waals surface area contributed by atoms with Crippen LogP contribution in [0.4, 0.5) is 10.5 Å². The number of nitrogens with one attached hydrogen (secondary N) is 1. The third-order valence-electron chi connectivity index (χ3n) is 4.15. The van der Waals surface area contributed by atoms with Crippen molar-refractivity contribution in [2.24, 2.45) is 0 Å². The van der Waals surface area contributed by atoms with Crippen molar-refractivity contribution >= 4 is 35.0 Å². The molecule has 1 atom stereocenters. The number of amides is 1. The lowest BCUT2D eigenvalue weighted by Gasteiger charge is -2.15. The number of allylic oxidation sites excluding steroid dienone is 1. The summed E-state index contributed by atoms with van der Waals surface area (Å²) < 4.78 is 10.4. The van der Waals surface area contributed by atoms with E-state index in [0.29, 0.717) is 17.3 Å². The van der Waals surface area contributed by atoms with Crippen molar-refractivity contribution in [1.82, 2.24) is 5.16 Å². The second kappa shape index (κ2) is 7.93. The molecule has 0 saturated heterocycles. The molecule has 0 radical (unpaired) electrons. The summed E-state index contributed by atoms with van der Waals surface area (Å²) in [6, 6.07) is 7.54. The first-order valence-electron chi connectivity index (χ1n) is 8.03. The third kappa shape index (κ3) is 4.17. The third-order valence-corrected chi connectivity index (χ3v) is 4.89. The zero-order valence-corrected chi connectivity index (χ0v) is 15.2. The van der Waals surface area contributed by atoms with E-state index in [0.717, 1.165) is 41.0 Å². The number of halogens is 2. The van der Waals surface area contributed by atoms with Crippen LogP contribution in [0.3, 0.4) is 0 Å². The molecule has 1 amide bonds. The van der Waals surface area contributed by atoms with Gasteiger partial charge in [-0.05, 0) is 37.3 Å². The van der Waals surface area contributed by atoms with Crippen molar-refractivity contribution < 1.29 is 14.1 Å². The fourth-order valence-corrected chi connectivity index (χ4v) is 3.37. The smallest absolute Gasteiger partial charge is 0.412 e. The molecule has 0 saturated carbocycles. The van der Waals surface area contributed by atoms with E-state index in [-0.39, 0.29) is 6.10 Å². The van der Waals surface area contributed by atoms with Gasteiger partial charge in [-0.15, -0.1) is 11.6 Å². The lowest BCUT2D eigenvalue weighted by atomic mass is 10.1. The molecule has 25 heavy (non-hydrogen) atoms. The van der Waals surface area contributed by atoms with Crippen molar-refractivity contribution in [3.63, 3.8) is 0 Å². The highest BCUT2D eigenvalue weighted by atomic mass is 35.5. The van der Waals surface area contributed by atoms with Crippen molar-refractivity contribution in [3.8, 4) is 11.3 Å². The number of anilines is 1. The largest absolute Gasteiger partial charge is 0.442 e. The summed E-state index contributed by atoms with van der Waals surface area (Å²) in [4.78, 5) is 12.2. The molecule has 0 spiro atoms. The van der Waals surface area contributed by atoms with Gasteiger partial charge in [-0.1, -0.05) is 41.0 Å². The van der Waals surface area contributed by atoms with Gasteiger partial charge < -0.3 is 9.26 Å². The SMILES string of the molecule is CC(OC(=O)Nc1conc1-c1ccc(CCl)cc1)C1=C(Cl)CCC1. The lowest BCUT2D eigenvalue weighted by molar-refractivity contribution is 0.136. The van der Waals surface area contributed by atoms with E-state index in [1.165, 1.54) is 6.26 Å². The summed E-state index contributed by atoms with van der Waals surface area (Å²) in [6.07, 6.45) is 3.15. The Morgan fingerprint density at radius 2 is 2.12 bits per heavy atom. The quantitative estimate of drug-likeness (QED) is 0.676. The van der Waals surface area contributed by atoms with Gasteiger partial charge in [0.15, 0.2) is 0 Å². The maximum atomic E-state index is 12.2. The molecule has 0 bridgehead atoms. The summed E-state index contributed by atoms with van der Waals surface area (Å²) in [6.45, 7) is 1.82. The Hall–Kier alpha value is -1.98. The summed E-state index contributed by atoms with van der Waals surface area (Å²) in [5, 5.41) is 7.43. The summed E-state index contributed by atoms with van der Waals surface area (Å²) in [5.74, 6) is 0.437. The number of hydrogen-bond acceptors (Lipinski definition) is 4. The normalized spacial score (nSPS) is 15.3. The molecule has 1 aliphatic carbocycles. The highest BCUT2D eigenvalue weighted by Gasteiger charge is 2.22. The van der Waals surface area contributed by atoms with Gasteiger partial charge in [-0.2, -0.15) is 0 Å². The predicted molar refractivity (Wildman–Crippen MR) is 97.8 cm³/mol. The number of rotatable bonds is 5. The fourth-order valence-electron chi connectivity index (χ4n) is 2.81. The van der Waals surface area contributed by atoms with Crippen LogP contribution in [0.15, 0.2) is 45.7 Å². The van der Waals surface area contributed by atoms with Crippen LogP contribution in [0.5, 0.6) is 0 Å². The molecule has 2 aromatic rings. The van der Waals surface area contributed by atoms with Gasteiger partial charge >= 0.3 is 6.09 Å². The fraction of sp³-hybridized carbons (Fsp3) is 0.333. The molecule has 0 fully saturated rings. The van der Waals surface area contributed by atoms with Gasteiger partial charge in [-0.25, -0.2) is 4.79 Å². The molecule has 1 unspecified atom stereocenters. The molecule has 3 rings (SSSR count). The van der Waals surface area contributed by atoms with Crippen molar-refractivity contribution in [1.29, 1.82) is 0 Å². The first kappa shape index (κ1) is 17.8. The topological polar surface area (TPSA) is 64.4 Å². The highest BCUT2D eigenvalue weighted by molar-refractivity contribution is 6.30. The van der Waals surface area contributed by atoms with E-state index in [2.05, 4.69) is 10.5 Å². The molecule has 1 heterocycles. The number of ether oxygens (including phenoxy) is 1. The number of carbonyl (C=O) groups is 1. The summed E-state index contributed by atoms with van der Waals surface area (Å²) in [7, 11) is 0. The molecule has 1 aliphatic rings. The van der Waals surface area contributed by atoms with Crippen LogP contribution in [-0.4, -0.2) is 17.4 Å². The number of benzene rings is 1. The maximum Gasteiger partial charge on any atom is 0.412 e. The van der Waals surface area contributed by atoms with Gasteiger partial charge in [0.05, 0.1) is 0 Å². The van der Waals surface area contributed by atoms with Gasteiger partial charge in [-0.3, -0.25) is 5.32 Å².